The van der Waals surface area contributed by atoms with E-state index >= 15 is 0 Å². The van der Waals surface area contributed by atoms with Gasteiger partial charge in [0.25, 0.3) is 0 Å². The van der Waals surface area contributed by atoms with Crippen molar-refractivity contribution in [3.63, 3.8) is 0 Å². The van der Waals surface area contributed by atoms with Crippen LogP contribution in [-0.4, -0.2) is 34.2 Å². The number of hydrogen-bond donors (Lipinski definition) is 3. The molecule has 1 aliphatic rings. The van der Waals surface area contributed by atoms with E-state index in [1.54, 1.807) is 0 Å². The average Bonchev–Trinajstić information content (AvgIpc) is 2.49. The van der Waals surface area contributed by atoms with Crippen molar-refractivity contribution in [2.75, 3.05) is 0 Å². The van der Waals surface area contributed by atoms with E-state index in [-0.39, 0.29) is 36.8 Å². The molecule has 22 heavy (non-hydrogen) atoms. The highest BCUT2D eigenvalue weighted by atomic mass is 16.4. The third-order valence-corrected chi connectivity index (χ3v) is 4.19. The van der Waals surface area contributed by atoms with Crippen molar-refractivity contribution < 1.29 is 19.8 Å². The van der Waals surface area contributed by atoms with Gasteiger partial charge in [-0.15, -0.1) is 0 Å². The van der Waals surface area contributed by atoms with E-state index in [4.69, 9.17) is 5.11 Å². The summed E-state index contributed by atoms with van der Waals surface area (Å²) < 4.78 is 0. The van der Waals surface area contributed by atoms with Gasteiger partial charge in [0, 0.05) is 18.4 Å². The molecule has 3 N–H and O–H groups in total. The molecule has 1 atom stereocenters. The first-order chi connectivity index (χ1) is 10.5. The fourth-order valence-electron chi connectivity index (χ4n) is 2.97. The van der Waals surface area contributed by atoms with Gasteiger partial charge in [-0.3, -0.25) is 9.59 Å². The molecule has 0 aliphatic heterocycles. The van der Waals surface area contributed by atoms with Gasteiger partial charge in [0.05, 0.1) is 12.5 Å². The molecule has 2 rings (SSSR count). The number of aliphatic carboxylic acids is 1. The van der Waals surface area contributed by atoms with Gasteiger partial charge in [-0.05, 0) is 31.2 Å². The molecule has 1 saturated carbocycles. The molecule has 0 radical (unpaired) electrons. The lowest BCUT2D eigenvalue weighted by Gasteiger charge is -2.27. The summed E-state index contributed by atoms with van der Waals surface area (Å²) in [4.78, 5) is 23.2. The molecule has 0 unspecified atom stereocenters. The Hall–Kier alpha value is -1.88. The van der Waals surface area contributed by atoms with E-state index in [1.165, 1.54) is 0 Å². The lowest BCUT2D eigenvalue weighted by atomic mass is 9.90. The number of aliphatic hydroxyl groups is 1. The van der Waals surface area contributed by atoms with Crippen LogP contribution in [0.3, 0.4) is 0 Å². The number of carboxylic acid groups (broad SMARTS) is 1. The Labute approximate surface area is 130 Å². The zero-order chi connectivity index (χ0) is 15.9. The summed E-state index contributed by atoms with van der Waals surface area (Å²) in [5.41, 5.74) is 0.874. The monoisotopic (exact) mass is 305 g/mol. The molecule has 5 nitrogen and oxygen atoms in total. The number of carbonyl (C=O) groups excluding carboxylic acids is 1. The molecule has 0 heterocycles. The Balaban J connectivity index is 1.92. The third-order valence-electron chi connectivity index (χ3n) is 4.19. The second-order valence-electron chi connectivity index (χ2n) is 5.98. The minimum Gasteiger partial charge on any atom is -0.481 e. The van der Waals surface area contributed by atoms with Gasteiger partial charge in [0.15, 0.2) is 0 Å². The van der Waals surface area contributed by atoms with Gasteiger partial charge in [-0.2, -0.15) is 0 Å². The van der Waals surface area contributed by atoms with Crippen LogP contribution in [-0.2, 0) is 9.59 Å². The van der Waals surface area contributed by atoms with Crippen molar-refractivity contribution >= 4 is 11.9 Å². The Morgan fingerprint density at radius 3 is 2.32 bits per heavy atom. The summed E-state index contributed by atoms with van der Waals surface area (Å²) in [7, 11) is 0. The molecule has 1 aromatic carbocycles. The van der Waals surface area contributed by atoms with E-state index in [9.17, 15) is 14.7 Å². The normalized spacial score (nSPS) is 22.8. The summed E-state index contributed by atoms with van der Waals surface area (Å²) in [6, 6.07) is 9.39. The number of aliphatic hydroxyl groups excluding tert-OH is 1. The minimum atomic E-state index is -0.901. The van der Waals surface area contributed by atoms with Crippen molar-refractivity contribution in [2.45, 2.75) is 56.6 Å². The van der Waals surface area contributed by atoms with E-state index in [0.29, 0.717) is 12.8 Å². The van der Waals surface area contributed by atoms with Gasteiger partial charge in [-0.1, -0.05) is 30.3 Å². The molecular weight excluding hydrogens is 282 g/mol. The molecule has 0 saturated heterocycles. The van der Waals surface area contributed by atoms with Gasteiger partial charge >= 0.3 is 5.97 Å². The first-order valence-electron chi connectivity index (χ1n) is 7.78. The zero-order valence-electron chi connectivity index (χ0n) is 12.6. The van der Waals surface area contributed by atoms with Gasteiger partial charge < -0.3 is 15.5 Å². The molecule has 1 aromatic rings. The highest BCUT2D eigenvalue weighted by Gasteiger charge is 2.23. The van der Waals surface area contributed by atoms with Gasteiger partial charge in [-0.25, -0.2) is 0 Å². The molecule has 5 heteroatoms. The lowest BCUT2D eigenvalue weighted by molar-refractivity contribution is -0.137. The van der Waals surface area contributed by atoms with Crippen molar-refractivity contribution in [1.82, 2.24) is 5.32 Å². The molecule has 0 aromatic heterocycles. The lowest BCUT2D eigenvalue weighted by Crippen LogP contribution is -2.39. The van der Waals surface area contributed by atoms with E-state index in [0.717, 1.165) is 18.4 Å². The van der Waals surface area contributed by atoms with Crippen LogP contribution >= 0.6 is 0 Å². The number of rotatable bonds is 6. The molecular formula is C17H23NO4. The average molecular weight is 305 g/mol. The first-order valence-corrected chi connectivity index (χ1v) is 7.78. The van der Waals surface area contributed by atoms with Crippen LogP contribution in [0.4, 0.5) is 0 Å². The van der Waals surface area contributed by atoms with E-state index in [2.05, 4.69) is 5.32 Å². The fraction of sp³-hybridized carbons (Fsp3) is 0.529. The Morgan fingerprint density at radius 1 is 1.09 bits per heavy atom. The topological polar surface area (TPSA) is 86.6 Å². The van der Waals surface area contributed by atoms with Crippen molar-refractivity contribution in [3.05, 3.63) is 35.9 Å². The fourth-order valence-corrected chi connectivity index (χ4v) is 2.97. The summed E-state index contributed by atoms with van der Waals surface area (Å²) >= 11 is 0. The van der Waals surface area contributed by atoms with Crippen LogP contribution in [0.1, 0.15) is 50.0 Å². The SMILES string of the molecule is O=C(O)C[C@@H](CC(=O)NC1CCC(O)CC1)c1ccccc1. The molecule has 1 aliphatic carbocycles. The summed E-state index contributed by atoms with van der Waals surface area (Å²) in [5.74, 6) is -1.33. The van der Waals surface area contributed by atoms with Crippen LogP contribution < -0.4 is 5.32 Å². The number of amides is 1. The van der Waals surface area contributed by atoms with Gasteiger partial charge in [0.1, 0.15) is 0 Å². The van der Waals surface area contributed by atoms with Crippen LogP contribution in [0.25, 0.3) is 0 Å². The molecule has 1 amide bonds. The van der Waals surface area contributed by atoms with Crippen LogP contribution in [0.2, 0.25) is 0 Å². The van der Waals surface area contributed by atoms with Gasteiger partial charge in [0.2, 0.25) is 5.91 Å². The Kier molecular flexibility index (Phi) is 5.95. The maximum Gasteiger partial charge on any atom is 0.303 e. The van der Waals surface area contributed by atoms with Crippen molar-refractivity contribution in [3.8, 4) is 0 Å². The largest absolute Gasteiger partial charge is 0.481 e. The zero-order valence-corrected chi connectivity index (χ0v) is 12.6. The number of carboxylic acids is 1. The minimum absolute atomic E-state index is 0.0547. The quantitative estimate of drug-likeness (QED) is 0.751. The van der Waals surface area contributed by atoms with Crippen LogP contribution in [0.5, 0.6) is 0 Å². The highest BCUT2D eigenvalue weighted by Crippen LogP contribution is 2.24. The standard InChI is InChI=1S/C17H23NO4/c19-15-8-6-14(7-9-15)18-16(20)10-13(11-17(21)22)12-4-2-1-3-5-12/h1-5,13-15,19H,6-11H2,(H,18,20)(H,21,22)/t13-,14?,15?/m1/s1. The summed E-state index contributed by atoms with van der Waals surface area (Å²) in [6.07, 6.45) is 2.85. The molecule has 120 valence electrons. The predicted octanol–water partition coefficient (Wildman–Crippen LogP) is 2.05. The Bertz CT molecular complexity index is 495. The smallest absolute Gasteiger partial charge is 0.303 e. The third kappa shape index (κ3) is 5.15. The highest BCUT2D eigenvalue weighted by molar-refractivity contribution is 5.78. The maximum absolute atomic E-state index is 12.2. The molecule has 0 spiro atoms. The van der Waals surface area contributed by atoms with Crippen LogP contribution in [0.15, 0.2) is 30.3 Å². The van der Waals surface area contributed by atoms with Crippen molar-refractivity contribution in [2.24, 2.45) is 0 Å². The number of carbonyl (C=O) groups is 2. The maximum atomic E-state index is 12.2. The second kappa shape index (κ2) is 7.94. The molecule has 1 fully saturated rings. The second-order valence-corrected chi connectivity index (χ2v) is 5.98. The molecule has 0 bridgehead atoms. The van der Waals surface area contributed by atoms with Crippen LogP contribution in [0, 0.1) is 0 Å². The summed E-state index contributed by atoms with van der Waals surface area (Å²) in [5, 5.41) is 21.5. The van der Waals surface area contributed by atoms with Crippen molar-refractivity contribution in [1.29, 1.82) is 0 Å². The first kappa shape index (κ1) is 16.5. The Morgan fingerprint density at radius 2 is 1.73 bits per heavy atom. The summed E-state index contributed by atoms with van der Waals surface area (Å²) in [6.45, 7) is 0. The number of benzene rings is 1. The predicted molar refractivity (Wildman–Crippen MR) is 82.5 cm³/mol. The number of hydrogen-bond acceptors (Lipinski definition) is 3. The number of nitrogens with one attached hydrogen (secondary N) is 1. The van der Waals surface area contributed by atoms with E-state index in [1.807, 2.05) is 30.3 Å². The van der Waals surface area contributed by atoms with E-state index < -0.39 is 5.97 Å².